The van der Waals surface area contributed by atoms with E-state index in [0.717, 1.165) is 64.2 Å². The Bertz CT molecular complexity index is 1380. The normalized spacial score (nSPS) is 25.4. The van der Waals surface area contributed by atoms with Crippen LogP contribution >= 0.6 is 0 Å². The number of aliphatic hydroxyl groups excluding tert-OH is 8. The quantitative estimate of drug-likeness (QED) is 0.0204. The Morgan fingerprint density at radius 3 is 1.42 bits per heavy atom. The highest BCUT2D eigenvalue weighted by molar-refractivity contribution is 5.76. The van der Waals surface area contributed by atoms with Crippen LogP contribution in [0.25, 0.3) is 0 Å². The van der Waals surface area contributed by atoms with Gasteiger partial charge in [0.2, 0.25) is 5.91 Å². The van der Waals surface area contributed by atoms with Crippen molar-refractivity contribution in [2.75, 3.05) is 19.8 Å². The van der Waals surface area contributed by atoms with E-state index >= 15 is 0 Å². The number of aliphatic hydroxyl groups is 8. The second kappa shape index (κ2) is 46.2. The number of allylic oxidation sites excluding steroid dienone is 6. The summed E-state index contributed by atoms with van der Waals surface area (Å²) < 4.78 is 22.8. The van der Waals surface area contributed by atoms with Gasteiger partial charge < -0.3 is 65.1 Å². The smallest absolute Gasteiger partial charge is 0.220 e. The molecule has 14 nitrogen and oxygen atoms in total. The van der Waals surface area contributed by atoms with Crippen molar-refractivity contribution in [3.63, 3.8) is 0 Å². The molecular weight excluding hydrogens is 943 g/mol. The van der Waals surface area contributed by atoms with Gasteiger partial charge in [-0.15, -0.1) is 0 Å². The molecule has 2 aliphatic heterocycles. The van der Waals surface area contributed by atoms with Crippen molar-refractivity contribution < 1.29 is 64.6 Å². The van der Waals surface area contributed by atoms with Gasteiger partial charge in [-0.3, -0.25) is 4.79 Å². The molecule has 0 spiro atoms. The van der Waals surface area contributed by atoms with E-state index in [-0.39, 0.29) is 18.9 Å². The van der Waals surface area contributed by atoms with Crippen molar-refractivity contribution in [2.24, 2.45) is 0 Å². The van der Waals surface area contributed by atoms with Crippen LogP contribution in [0, 0.1) is 0 Å². The third-order valence-electron chi connectivity index (χ3n) is 14.9. The highest BCUT2D eigenvalue weighted by Gasteiger charge is 2.51. The number of nitrogens with one attached hydrogen (secondary N) is 1. The van der Waals surface area contributed by atoms with Crippen LogP contribution in [0.5, 0.6) is 0 Å². The number of ether oxygens (including phenoxy) is 4. The minimum atomic E-state index is -1.79. The van der Waals surface area contributed by atoms with Gasteiger partial charge >= 0.3 is 0 Å². The number of hydrogen-bond acceptors (Lipinski definition) is 13. The first kappa shape index (κ1) is 68.3. The summed E-state index contributed by atoms with van der Waals surface area (Å²) in [6.45, 7) is 2.74. The average Bonchev–Trinajstić information content (AvgIpc) is 3.40. The molecule has 0 bridgehead atoms. The number of hydrogen-bond donors (Lipinski definition) is 9. The molecule has 2 aliphatic rings. The van der Waals surface area contributed by atoms with Crippen LogP contribution in [0.15, 0.2) is 36.5 Å². The zero-order valence-electron chi connectivity index (χ0n) is 46.6. The molecule has 0 aromatic carbocycles. The lowest BCUT2D eigenvalue weighted by Crippen LogP contribution is -2.65. The van der Waals surface area contributed by atoms with Crippen LogP contribution in [-0.2, 0) is 23.7 Å². The van der Waals surface area contributed by atoms with E-state index in [1.165, 1.54) is 148 Å². The first-order chi connectivity index (χ1) is 36.1. The maximum atomic E-state index is 13.2. The van der Waals surface area contributed by atoms with Crippen LogP contribution in [0.1, 0.15) is 245 Å². The summed E-state index contributed by atoms with van der Waals surface area (Å²) in [6, 6.07) is -0.844. The summed E-state index contributed by atoms with van der Waals surface area (Å²) in [7, 11) is 0. The summed E-state index contributed by atoms with van der Waals surface area (Å²) in [5, 5.41) is 87.2. The second-order valence-electron chi connectivity index (χ2n) is 21.5. The molecule has 0 aliphatic carbocycles. The Kier molecular flexibility index (Phi) is 42.6. The predicted octanol–water partition coefficient (Wildman–Crippen LogP) is 10.2. The van der Waals surface area contributed by atoms with Crippen LogP contribution in [0.3, 0.4) is 0 Å². The lowest BCUT2D eigenvalue weighted by Gasteiger charge is -2.46. The minimum absolute atomic E-state index is 0.234. The molecule has 74 heavy (non-hydrogen) atoms. The summed E-state index contributed by atoms with van der Waals surface area (Å²) >= 11 is 0. The zero-order valence-corrected chi connectivity index (χ0v) is 46.6. The van der Waals surface area contributed by atoms with E-state index in [0.29, 0.717) is 12.8 Å². The van der Waals surface area contributed by atoms with Crippen LogP contribution in [0.4, 0.5) is 0 Å². The second-order valence-corrected chi connectivity index (χ2v) is 21.5. The van der Waals surface area contributed by atoms with Gasteiger partial charge in [0.1, 0.15) is 48.8 Å². The molecule has 1 amide bonds. The lowest BCUT2D eigenvalue weighted by atomic mass is 9.97. The van der Waals surface area contributed by atoms with Crippen molar-refractivity contribution in [2.45, 2.75) is 319 Å². The van der Waals surface area contributed by atoms with Gasteiger partial charge in [-0.25, -0.2) is 0 Å². The van der Waals surface area contributed by atoms with Crippen molar-refractivity contribution in [3.05, 3.63) is 36.5 Å². The van der Waals surface area contributed by atoms with Gasteiger partial charge in [0.05, 0.1) is 32.0 Å². The summed E-state index contributed by atoms with van der Waals surface area (Å²) in [4.78, 5) is 13.2. The molecule has 0 radical (unpaired) electrons. The topological polar surface area (TPSA) is 228 Å². The lowest BCUT2D eigenvalue weighted by molar-refractivity contribution is -0.359. The number of amides is 1. The third kappa shape index (κ3) is 31.6. The fourth-order valence-electron chi connectivity index (χ4n) is 10.0. The summed E-state index contributed by atoms with van der Waals surface area (Å²) in [6.07, 6.45) is 38.8. The Hall–Kier alpha value is -1.79. The Balaban J connectivity index is 1.70. The molecule has 12 atom stereocenters. The van der Waals surface area contributed by atoms with E-state index in [4.69, 9.17) is 18.9 Å². The third-order valence-corrected chi connectivity index (χ3v) is 14.9. The molecule has 0 aromatic rings. The molecule has 2 saturated heterocycles. The fraction of sp³-hybridized carbons (Fsp3) is 0.883. The van der Waals surface area contributed by atoms with Gasteiger partial charge in [-0.2, -0.15) is 0 Å². The van der Waals surface area contributed by atoms with Gasteiger partial charge in [0.15, 0.2) is 12.6 Å². The highest BCUT2D eigenvalue weighted by atomic mass is 16.7. The maximum Gasteiger partial charge on any atom is 0.220 e. The van der Waals surface area contributed by atoms with Crippen molar-refractivity contribution in [3.8, 4) is 0 Å². The first-order valence-corrected chi connectivity index (χ1v) is 30.2. The highest BCUT2D eigenvalue weighted by Crippen LogP contribution is 2.30. The van der Waals surface area contributed by atoms with Gasteiger partial charge in [0.25, 0.3) is 0 Å². The van der Waals surface area contributed by atoms with E-state index in [2.05, 4.69) is 55.6 Å². The van der Waals surface area contributed by atoms with Gasteiger partial charge in [-0.1, -0.05) is 230 Å². The van der Waals surface area contributed by atoms with E-state index in [1.807, 2.05) is 0 Å². The fourth-order valence-corrected chi connectivity index (χ4v) is 10.0. The van der Waals surface area contributed by atoms with Crippen molar-refractivity contribution in [1.29, 1.82) is 0 Å². The van der Waals surface area contributed by atoms with E-state index in [9.17, 15) is 45.6 Å². The Labute approximate surface area is 449 Å². The van der Waals surface area contributed by atoms with Crippen LogP contribution in [-0.4, -0.2) is 140 Å². The molecule has 0 aromatic heterocycles. The number of carbonyl (C=O) groups is 1. The molecule has 2 rings (SSSR count). The maximum absolute atomic E-state index is 13.2. The van der Waals surface area contributed by atoms with E-state index < -0.39 is 86.8 Å². The number of unbranched alkanes of at least 4 members (excludes halogenated alkanes) is 29. The predicted molar refractivity (Wildman–Crippen MR) is 295 cm³/mol. The molecule has 14 heteroatoms. The summed E-state index contributed by atoms with van der Waals surface area (Å²) in [5.41, 5.74) is 0. The van der Waals surface area contributed by atoms with Crippen LogP contribution in [0.2, 0.25) is 0 Å². The standard InChI is InChI=1S/C60H111NO13/c1-3-5-7-9-11-13-15-17-18-19-20-21-22-23-24-25-26-27-28-29-30-32-33-35-37-39-41-43-49(64)48(61-52(65)44-42-40-38-36-34-31-16-14-12-10-8-6-4-2)47-71-59-57(70)55(68)58(51(46-63)73-59)74-60-56(69)54(67)53(66)50(45-62)72-60/h6,8,12,14,31,34,48-51,53-60,62-64,66-70H,3-5,7,9-11,13,15-30,32-33,35-47H2,1-2H3,(H,61,65)/b8-6-,14-12-,34-31-. The molecule has 434 valence electrons. The van der Waals surface area contributed by atoms with Gasteiger partial charge in [-0.05, 0) is 44.9 Å². The Morgan fingerprint density at radius 2 is 0.932 bits per heavy atom. The molecule has 12 unspecified atom stereocenters. The molecular formula is C60H111NO13. The minimum Gasteiger partial charge on any atom is -0.394 e. The van der Waals surface area contributed by atoms with E-state index in [1.54, 1.807) is 0 Å². The monoisotopic (exact) mass is 1050 g/mol. The average molecular weight is 1050 g/mol. The first-order valence-electron chi connectivity index (χ1n) is 30.2. The van der Waals surface area contributed by atoms with Crippen LogP contribution < -0.4 is 5.32 Å². The van der Waals surface area contributed by atoms with Crippen molar-refractivity contribution in [1.82, 2.24) is 5.32 Å². The molecule has 0 saturated carbocycles. The molecule has 2 fully saturated rings. The Morgan fingerprint density at radius 1 is 0.500 bits per heavy atom. The largest absolute Gasteiger partial charge is 0.394 e. The number of carbonyl (C=O) groups excluding carboxylic acids is 1. The zero-order chi connectivity index (χ0) is 53.9. The van der Waals surface area contributed by atoms with Crippen molar-refractivity contribution >= 4 is 5.91 Å². The molecule has 2 heterocycles. The summed E-state index contributed by atoms with van der Waals surface area (Å²) in [5.74, 6) is -0.234. The van der Waals surface area contributed by atoms with Gasteiger partial charge in [0, 0.05) is 6.42 Å². The number of rotatable bonds is 48. The SMILES string of the molecule is CC/C=C\C/C=C\C/C=C\CCCCCC(=O)NC(COC1OC(CO)C(OC2OC(CO)C(O)C(O)C2O)C(O)C1O)C(O)CCCCCCCCCCCCCCCCCCCCCCCCCCCCC. The molecule has 9 N–H and O–H groups in total.